The number of methoxy groups -OCH3 is 1. The van der Waals surface area contributed by atoms with Crippen molar-refractivity contribution in [2.45, 2.75) is 52.2 Å². The van der Waals surface area contributed by atoms with Crippen molar-refractivity contribution in [2.75, 3.05) is 7.11 Å². The van der Waals surface area contributed by atoms with Gasteiger partial charge in [0.2, 0.25) is 0 Å². The molecule has 0 spiro atoms. The number of nitrogens with zero attached hydrogens (tertiary/aromatic N) is 1. The molecule has 1 aromatic carbocycles. The molecule has 0 atom stereocenters. The molecule has 3 rings (SSSR count). The Morgan fingerprint density at radius 3 is 2.33 bits per heavy atom. The lowest BCUT2D eigenvalue weighted by Crippen LogP contribution is -2.41. The first-order valence-corrected chi connectivity index (χ1v) is 8.15. The standard InChI is InChI=1S/C18H24BNO4/c1-12-11-20-16(22-12)9-13-7-8-14(10-15(13)21-6)19-23-17(2,3)18(4,5)24-19/h7-8,10-11H,9H2,1-6H3. The van der Waals surface area contributed by atoms with Crippen LogP contribution in [0, 0.1) is 6.92 Å². The number of hydrogen-bond acceptors (Lipinski definition) is 5. The lowest BCUT2D eigenvalue weighted by atomic mass is 9.78. The Bertz CT molecular complexity index is 722. The highest BCUT2D eigenvalue weighted by molar-refractivity contribution is 6.62. The van der Waals surface area contributed by atoms with Crippen LogP contribution >= 0.6 is 0 Å². The van der Waals surface area contributed by atoms with E-state index in [1.54, 1.807) is 13.3 Å². The highest BCUT2D eigenvalue weighted by Crippen LogP contribution is 2.36. The van der Waals surface area contributed by atoms with E-state index in [0.29, 0.717) is 12.3 Å². The van der Waals surface area contributed by atoms with Gasteiger partial charge in [0.15, 0.2) is 5.89 Å². The van der Waals surface area contributed by atoms with Crippen LogP contribution in [0.25, 0.3) is 0 Å². The van der Waals surface area contributed by atoms with E-state index in [1.165, 1.54) is 0 Å². The van der Waals surface area contributed by atoms with Crippen LogP contribution in [-0.2, 0) is 15.7 Å². The first-order valence-electron chi connectivity index (χ1n) is 8.15. The fourth-order valence-corrected chi connectivity index (χ4v) is 2.68. The zero-order valence-corrected chi connectivity index (χ0v) is 15.2. The van der Waals surface area contributed by atoms with Crippen molar-refractivity contribution in [2.24, 2.45) is 0 Å². The second-order valence-corrected chi connectivity index (χ2v) is 7.20. The summed E-state index contributed by atoms with van der Waals surface area (Å²) in [6.07, 6.45) is 2.31. The van der Waals surface area contributed by atoms with Gasteiger partial charge in [-0.05, 0) is 46.1 Å². The van der Waals surface area contributed by atoms with Gasteiger partial charge in [0.05, 0.1) is 30.9 Å². The van der Waals surface area contributed by atoms with Gasteiger partial charge in [-0.25, -0.2) is 4.98 Å². The third-order valence-corrected chi connectivity index (χ3v) is 4.85. The van der Waals surface area contributed by atoms with Crippen LogP contribution in [0.1, 0.15) is 44.9 Å². The van der Waals surface area contributed by atoms with E-state index in [0.717, 1.165) is 22.5 Å². The molecule has 1 aliphatic rings. The highest BCUT2D eigenvalue weighted by atomic mass is 16.7. The summed E-state index contributed by atoms with van der Waals surface area (Å²) < 4.78 is 23.3. The molecule has 24 heavy (non-hydrogen) atoms. The van der Waals surface area contributed by atoms with Gasteiger partial charge in [-0.15, -0.1) is 0 Å². The lowest BCUT2D eigenvalue weighted by molar-refractivity contribution is 0.00578. The van der Waals surface area contributed by atoms with Crippen LogP contribution in [0.5, 0.6) is 5.75 Å². The molecule has 1 aliphatic heterocycles. The maximum atomic E-state index is 6.10. The van der Waals surface area contributed by atoms with Crippen molar-refractivity contribution in [3.8, 4) is 5.75 Å². The lowest BCUT2D eigenvalue weighted by Gasteiger charge is -2.32. The monoisotopic (exact) mass is 329 g/mol. The highest BCUT2D eigenvalue weighted by Gasteiger charge is 2.51. The topological polar surface area (TPSA) is 53.7 Å². The molecule has 2 aromatic rings. The average Bonchev–Trinajstić information content (AvgIpc) is 3.00. The van der Waals surface area contributed by atoms with E-state index in [9.17, 15) is 0 Å². The predicted octanol–water partition coefficient (Wildman–Crippen LogP) is 2.88. The van der Waals surface area contributed by atoms with Crippen molar-refractivity contribution in [1.82, 2.24) is 4.98 Å². The summed E-state index contributed by atoms with van der Waals surface area (Å²) in [5.41, 5.74) is 1.23. The smallest absolute Gasteiger partial charge is 0.494 e. The first-order chi connectivity index (χ1) is 11.2. The molecular weight excluding hydrogens is 305 g/mol. The van der Waals surface area contributed by atoms with Gasteiger partial charge >= 0.3 is 7.12 Å². The molecule has 0 radical (unpaired) electrons. The molecular formula is C18H24BNO4. The fourth-order valence-electron chi connectivity index (χ4n) is 2.68. The SMILES string of the molecule is COc1cc(B2OC(C)(C)C(C)(C)O2)ccc1Cc1ncc(C)o1. The number of hydrogen-bond donors (Lipinski definition) is 0. The fraction of sp³-hybridized carbons (Fsp3) is 0.500. The summed E-state index contributed by atoms with van der Waals surface area (Å²) >= 11 is 0. The van der Waals surface area contributed by atoms with Gasteiger partial charge in [0, 0.05) is 5.56 Å². The van der Waals surface area contributed by atoms with Crippen LogP contribution in [0.2, 0.25) is 0 Å². The van der Waals surface area contributed by atoms with Gasteiger partial charge in [-0.3, -0.25) is 0 Å². The summed E-state index contributed by atoms with van der Waals surface area (Å²) in [5.74, 6) is 2.25. The second-order valence-electron chi connectivity index (χ2n) is 7.20. The quantitative estimate of drug-likeness (QED) is 0.808. The summed E-state index contributed by atoms with van der Waals surface area (Å²) in [6, 6.07) is 5.99. The van der Waals surface area contributed by atoms with Crippen LogP contribution in [0.3, 0.4) is 0 Å². The molecule has 2 heterocycles. The van der Waals surface area contributed by atoms with Gasteiger partial charge in [-0.2, -0.15) is 0 Å². The van der Waals surface area contributed by atoms with Crippen molar-refractivity contribution in [3.63, 3.8) is 0 Å². The summed E-state index contributed by atoms with van der Waals surface area (Å²) in [7, 11) is 1.26. The summed E-state index contributed by atoms with van der Waals surface area (Å²) in [6.45, 7) is 10.1. The normalized spacial score (nSPS) is 18.8. The van der Waals surface area contributed by atoms with Crippen molar-refractivity contribution >= 4 is 12.6 Å². The van der Waals surface area contributed by atoms with Crippen LogP contribution in [0.15, 0.2) is 28.8 Å². The third-order valence-electron chi connectivity index (χ3n) is 4.85. The Balaban J connectivity index is 1.85. The van der Waals surface area contributed by atoms with Crippen molar-refractivity contribution < 1.29 is 18.5 Å². The zero-order chi connectivity index (χ0) is 17.5. The summed E-state index contributed by atoms with van der Waals surface area (Å²) in [4.78, 5) is 4.25. The average molecular weight is 329 g/mol. The maximum Gasteiger partial charge on any atom is 0.494 e. The van der Waals surface area contributed by atoms with Gasteiger partial charge in [0.1, 0.15) is 11.5 Å². The minimum absolute atomic E-state index is 0.362. The van der Waals surface area contributed by atoms with E-state index in [2.05, 4.69) is 4.98 Å². The second kappa shape index (κ2) is 5.94. The first kappa shape index (κ1) is 17.1. The Labute approximate surface area is 143 Å². The van der Waals surface area contributed by atoms with Crippen LogP contribution in [-0.4, -0.2) is 30.4 Å². The number of aromatic nitrogens is 1. The van der Waals surface area contributed by atoms with E-state index < -0.39 is 7.12 Å². The van der Waals surface area contributed by atoms with Crippen LogP contribution in [0.4, 0.5) is 0 Å². The molecule has 5 nitrogen and oxygen atoms in total. The molecule has 0 saturated carbocycles. The molecule has 1 saturated heterocycles. The summed E-state index contributed by atoms with van der Waals surface area (Å²) in [5, 5.41) is 0. The predicted molar refractivity (Wildman–Crippen MR) is 92.8 cm³/mol. The minimum atomic E-state index is -0.401. The molecule has 0 aliphatic carbocycles. The van der Waals surface area contributed by atoms with E-state index in [4.69, 9.17) is 18.5 Å². The molecule has 0 amide bonds. The Morgan fingerprint density at radius 2 is 1.79 bits per heavy atom. The molecule has 0 unspecified atom stereocenters. The Hall–Kier alpha value is -1.79. The number of ether oxygens (including phenoxy) is 1. The van der Waals surface area contributed by atoms with Gasteiger partial charge in [0.25, 0.3) is 0 Å². The molecule has 0 N–H and O–H groups in total. The number of aryl methyl sites for hydroxylation is 1. The van der Waals surface area contributed by atoms with Gasteiger partial charge < -0.3 is 18.5 Å². The van der Waals surface area contributed by atoms with Crippen molar-refractivity contribution in [1.29, 1.82) is 0 Å². The number of rotatable bonds is 4. The Morgan fingerprint density at radius 1 is 1.12 bits per heavy atom. The zero-order valence-electron chi connectivity index (χ0n) is 15.2. The van der Waals surface area contributed by atoms with E-state index in [1.807, 2.05) is 52.8 Å². The molecule has 1 aromatic heterocycles. The third kappa shape index (κ3) is 3.08. The maximum absolute atomic E-state index is 6.10. The van der Waals surface area contributed by atoms with Crippen molar-refractivity contribution in [3.05, 3.63) is 41.6 Å². The minimum Gasteiger partial charge on any atom is -0.496 e. The van der Waals surface area contributed by atoms with E-state index in [-0.39, 0.29) is 11.2 Å². The number of benzene rings is 1. The van der Waals surface area contributed by atoms with Gasteiger partial charge in [-0.1, -0.05) is 12.1 Å². The molecule has 128 valence electrons. The Kier molecular flexibility index (Phi) is 4.22. The molecule has 0 bridgehead atoms. The molecule has 1 fully saturated rings. The number of oxazole rings is 1. The van der Waals surface area contributed by atoms with Crippen LogP contribution < -0.4 is 10.2 Å². The largest absolute Gasteiger partial charge is 0.496 e. The van der Waals surface area contributed by atoms with E-state index >= 15 is 0 Å². The molecule has 6 heteroatoms.